The first-order valence-electron chi connectivity index (χ1n) is 7.72. The highest BCUT2D eigenvalue weighted by Gasteiger charge is 2.26. The number of hydrogen-bond acceptors (Lipinski definition) is 6. The number of anilines is 1. The Kier molecular flexibility index (Phi) is 3.85. The number of aromatic amines is 1. The maximum Gasteiger partial charge on any atom is 0.295 e. The molecule has 0 fully saturated rings. The van der Waals surface area contributed by atoms with Crippen molar-refractivity contribution in [2.24, 2.45) is 10.7 Å². The van der Waals surface area contributed by atoms with Gasteiger partial charge in [-0.3, -0.25) is 20.0 Å². The average Bonchev–Trinajstić information content (AvgIpc) is 3.03. The molecule has 0 spiro atoms. The van der Waals surface area contributed by atoms with Crippen LogP contribution >= 0.6 is 11.6 Å². The summed E-state index contributed by atoms with van der Waals surface area (Å²) in [5, 5.41) is 21.9. The van der Waals surface area contributed by atoms with Crippen molar-refractivity contribution < 1.29 is 9.72 Å². The fourth-order valence-electron chi connectivity index (χ4n) is 2.92. The van der Waals surface area contributed by atoms with Crippen molar-refractivity contribution in [1.29, 1.82) is 0 Å². The molecule has 0 saturated carbocycles. The van der Waals surface area contributed by atoms with Gasteiger partial charge in [0.1, 0.15) is 11.2 Å². The lowest BCUT2D eigenvalue weighted by Crippen LogP contribution is -2.14. The molecule has 134 valence electrons. The normalized spacial score (nSPS) is 13.2. The number of hydrogen-bond donors (Lipinski definition) is 3. The van der Waals surface area contributed by atoms with Gasteiger partial charge in [-0.15, -0.1) is 0 Å². The van der Waals surface area contributed by atoms with Crippen molar-refractivity contribution in [2.75, 3.05) is 5.32 Å². The van der Waals surface area contributed by atoms with Gasteiger partial charge in [-0.1, -0.05) is 29.8 Å². The summed E-state index contributed by atoms with van der Waals surface area (Å²) in [6.45, 7) is 0. The number of amides is 1. The van der Waals surface area contributed by atoms with E-state index >= 15 is 0 Å². The van der Waals surface area contributed by atoms with Crippen LogP contribution in [0.3, 0.4) is 0 Å². The van der Waals surface area contributed by atoms with Gasteiger partial charge in [0.2, 0.25) is 0 Å². The van der Waals surface area contributed by atoms with Crippen LogP contribution in [0.5, 0.6) is 0 Å². The summed E-state index contributed by atoms with van der Waals surface area (Å²) in [6.07, 6.45) is 2.81. The van der Waals surface area contributed by atoms with E-state index in [9.17, 15) is 14.9 Å². The highest BCUT2D eigenvalue weighted by molar-refractivity contribution is 6.36. The van der Waals surface area contributed by atoms with Crippen molar-refractivity contribution in [2.45, 2.75) is 0 Å². The molecule has 0 radical (unpaired) electrons. The Balaban J connectivity index is 2.10. The molecule has 0 aliphatic carbocycles. The number of aromatic nitrogens is 2. The monoisotopic (exact) mass is 382 g/mol. The van der Waals surface area contributed by atoms with Crippen LogP contribution in [0.2, 0.25) is 5.02 Å². The van der Waals surface area contributed by atoms with E-state index in [-0.39, 0.29) is 22.6 Å². The minimum absolute atomic E-state index is 0.0413. The third-order valence-electron chi connectivity index (χ3n) is 4.13. The molecule has 0 bridgehead atoms. The van der Waals surface area contributed by atoms with Gasteiger partial charge < -0.3 is 11.1 Å². The zero-order valence-electron chi connectivity index (χ0n) is 13.6. The number of carbonyl (C=O) groups excluding carboxylic acids is 1. The SMILES string of the molecule is NC(=O)C1=CNc2c(cc([N+](=O)[O-])c3[nH]ncc23)C(c2ccccc2Cl)=N1. The Morgan fingerprint density at radius 3 is 2.74 bits per heavy atom. The van der Waals surface area contributed by atoms with E-state index in [1.807, 2.05) is 0 Å². The quantitative estimate of drug-likeness (QED) is 0.472. The molecule has 9 nitrogen and oxygen atoms in total. The first-order chi connectivity index (χ1) is 13.0. The maximum absolute atomic E-state index is 11.8. The van der Waals surface area contributed by atoms with Crippen LogP contribution in [-0.4, -0.2) is 26.7 Å². The van der Waals surface area contributed by atoms with Crippen molar-refractivity contribution in [3.63, 3.8) is 0 Å². The molecule has 0 unspecified atom stereocenters. The molecule has 2 aromatic carbocycles. The van der Waals surface area contributed by atoms with E-state index in [4.69, 9.17) is 17.3 Å². The summed E-state index contributed by atoms with van der Waals surface area (Å²) in [4.78, 5) is 27.1. The van der Waals surface area contributed by atoms with Crippen molar-refractivity contribution in [3.8, 4) is 0 Å². The smallest absolute Gasteiger partial charge is 0.295 e. The number of halogens is 1. The standard InChI is InChI=1S/C17H11ClN6O3/c18-11-4-2-1-3-8(11)15-9-5-13(24(26)27)16-10(6-21-23-16)14(9)20-7-12(22-15)17(19)25/h1-7,20H,(H2,19,25)(H,21,23). The van der Waals surface area contributed by atoms with E-state index in [2.05, 4.69) is 20.5 Å². The maximum atomic E-state index is 11.8. The number of nitrogens with one attached hydrogen (secondary N) is 2. The molecule has 1 aliphatic rings. The molecule has 10 heteroatoms. The molecule has 1 aromatic heterocycles. The zero-order valence-corrected chi connectivity index (χ0v) is 14.3. The predicted molar refractivity (Wildman–Crippen MR) is 101 cm³/mol. The second kappa shape index (κ2) is 6.22. The fraction of sp³-hybridized carbons (Fsp3) is 0. The van der Waals surface area contributed by atoms with Crippen molar-refractivity contribution in [1.82, 2.24) is 10.2 Å². The van der Waals surface area contributed by atoms with Crippen LogP contribution in [0.1, 0.15) is 11.1 Å². The number of benzene rings is 2. The molecule has 0 atom stereocenters. The zero-order chi connectivity index (χ0) is 19.1. The van der Waals surface area contributed by atoms with Crippen molar-refractivity contribution in [3.05, 3.63) is 74.7 Å². The fourth-order valence-corrected chi connectivity index (χ4v) is 3.15. The van der Waals surface area contributed by atoms with Gasteiger partial charge in [-0.25, -0.2) is 4.99 Å². The van der Waals surface area contributed by atoms with Crippen LogP contribution in [0, 0.1) is 10.1 Å². The van der Waals surface area contributed by atoms with Gasteiger partial charge in [0.05, 0.1) is 27.9 Å². The van der Waals surface area contributed by atoms with E-state index < -0.39 is 10.8 Å². The van der Waals surface area contributed by atoms with Crippen LogP contribution in [0.4, 0.5) is 11.4 Å². The number of non-ortho nitro benzene ring substituents is 1. The number of nitrogens with zero attached hydrogens (tertiary/aromatic N) is 3. The van der Waals surface area contributed by atoms with Crippen molar-refractivity contribution >= 4 is 45.5 Å². The lowest BCUT2D eigenvalue weighted by Gasteiger charge is -2.12. The molecular formula is C17H11ClN6O3. The number of aliphatic imine (C=N–C) groups is 1. The van der Waals surface area contributed by atoms with E-state index in [0.29, 0.717) is 27.2 Å². The summed E-state index contributed by atoms with van der Waals surface area (Å²) in [7, 11) is 0. The average molecular weight is 383 g/mol. The van der Waals surface area contributed by atoms with Crippen LogP contribution in [-0.2, 0) is 4.79 Å². The minimum Gasteiger partial charge on any atom is -0.364 e. The topological polar surface area (TPSA) is 139 Å². The Hall–Kier alpha value is -3.72. The highest BCUT2D eigenvalue weighted by atomic mass is 35.5. The summed E-state index contributed by atoms with van der Waals surface area (Å²) >= 11 is 6.31. The summed E-state index contributed by atoms with van der Waals surface area (Å²) in [5.41, 5.74) is 7.14. The third kappa shape index (κ3) is 2.70. The number of rotatable bonds is 3. The number of primary amides is 1. The molecule has 4 rings (SSSR count). The summed E-state index contributed by atoms with van der Waals surface area (Å²) < 4.78 is 0. The molecule has 3 aromatic rings. The van der Waals surface area contributed by atoms with Gasteiger partial charge >= 0.3 is 0 Å². The third-order valence-corrected chi connectivity index (χ3v) is 4.46. The Labute approximate surface area is 156 Å². The minimum atomic E-state index is -0.752. The summed E-state index contributed by atoms with van der Waals surface area (Å²) in [5.74, 6) is -0.752. The van der Waals surface area contributed by atoms with Gasteiger partial charge in [0.25, 0.3) is 11.6 Å². The molecule has 27 heavy (non-hydrogen) atoms. The van der Waals surface area contributed by atoms with E-state index in [0.717, 1.165) is 0 Å². The number of nitrogens with two attached hydrogens (primary N) is 1. The molecule has 0 saturated heterocycles. The molecule has 1 amide bonds. The Morgan fingerprint density at radius 1 is 1.26 bits per heavy atom. The molecular weight excluding hydrogens is 372 g/mol. The largest absolute Gasteiger partial charge is 0.364 e. The first-order valence-corrected chi connectivity index (χ1v) is 8.10. The van der Waals surface area contributed by atoms with Crippen LogP contribution in [0.15, 0.2) is 53.4 Å². The number of fused-ring (bicyclic) bond motifs is 3. The van der Waals surface area contributed by atoms with Crippen LogP contribution < -0.4 is 11.1 Å². The Bertz CT molecular complexity index is 1180. The number of nitro groups is 1. The first kappa shape index (κ1) is 16.7. The Morgan fingerprint density at radius 2 is 2.04 bits per heavy atom. The van der Waals surface area contributed by atoms with Gasteiger partial charge in [0, 0.05) is 28.4 Å². The van der Waals surface area contributed by atoms with Gasteiger partial charge in [-0.05, 0) is 6.07 Å². The number of H-pyrrole nitrogens is 1. The van der Waals surface area contributed by atoms with E-state index in [1.54, 1.807) is 24.3 Å². The lowest BCUT2D eigenvalue weighted by molar-refractivity contribution is -0.383. The number of nitro benzene ring substituents is 1. The second-order valence-electron chi connectivity index (χ2n) is 5.71. The van der Waals surface area contributed by atoms with Gasteiger partial charge in [0.15, 0.2) is 0 Å². The number of carbonyl (C=O) groups is 1. The molecule has 1 aliphatic heterocycles. The van der Waals surface area contributed by atoms with Crippen LogP contribution in [0.25, 0.3) is 10.9 Å². The molecule has 4 N–H and O–H groups in total. The predicted octanol–water partition coefficient (Wildman–Crippen LogP) is 2.71. The molecule has 2 heterocycles. The van der Waals surface area contributed by atoms with E-state index in [1.165, 1.54) is 18.5 Å². The second-order valence-corrected chi connectivity index (χ2v) is 6.12. The lowest BCUT2D eigenvalue weighted by atomic mass is 9.97. The van der Waals surface area contributed by atoms with Gasteiger partial charge in [-0.2, -0.15) is 5.10 Å². The highest BCUT2D eigenvalue weighted by Crippen LogP contribution is 2.37. The summed E-state index contributed by atoms with van der Waals surface area (Å²) in [6, 6.07) is 8.23.